The molecule has 0 aliphatic carbocycles. The van der Waals surface area contributed by atoms with Gasteiger partial charge in [0, 0.05) is 12.1 Å². The predicted octanol–water partition coefficient (Wildman–Crippen LogP) is 0.449. The molecule has 1 amide bonds. The maximum absolute atomic E-state index is 12.5. The molecule has 4 heteroatoms. The Morgan fingerprint density at radius 3 is 2.60 bits per heavy atom. The number of rotatable bonds is 5. The van der Waals surface area contributed by atoms with Crippen molar-refractivity contribution in [2.75, 3.05) is 6.54 Å². The molecule has 20 heavy (non-hydrogen) atoms. The first-order chi connectivity index (χ1) is 9.42. The molecule has 0 radical (unpaired) electrons. The molecule has 1 unspecified atom stereocenters. The second kappa shape index (κ2) is 7.22. The van der Waals surface area contributed by atoms with Crippen LogP contribution < -0.4 is 10.4 Å². The van der Waals surface area contributed by atoms with Crippen molar-refractivity contribution in [2.24, 2.45) is 0 Å². The van der Waals surface area contributed by atoms with E-state index in [4.69, 9.17) is 0 Å². The third-order valence-corrected chi connectivity index (χ3v) is 3.35. The van der Waals surface area contributed by atoms with Crippen molar-refractivity contribution in [1.29, 1.82) is 0 Å². The van der Waals surface area contributed by atoms with E-state index in [1.54, 1.807) is 25.1 Å². The van der Waals surface area contributed by atoms with E-state index in [-0.39, 0.29) is 5.91 Å². The Balaban J connectivity index is 3.16. The van der Waals surface area contributed by atoms with Crippen LogP contribution in [0.1, 0.15) is 37.6 Å². The Labute approximate surface area is 119 Å². The zero-order valence-electron chi connectivity index (χ0n) is 12.3. The Kier molecular flexibility index (Phi) is 5.92. The van der Waals surface area contributed by atoms with Crippen LogP contribution in [0.2, 0.25) is 0 Å². The molecular formula is C16H23NO3. The van der Waals surface area contributed by atoms with Gasteiger partial charge < -0.3 is 15.1 Å². The Morgan fingerprint density at radius 1 is 1.45 bits per heavy atom. The van der Waals surface area contributed by atoms with Crippen LogP contribution >= 0.6 is 0 Å². The second-order valence-corrected chi connectivity index (χ2v) is 4.86. The van der Waals surface area contributed by atoms with Gasteiger partial charge in [-0.15, -0.1) is 0 Å². The molecule has 0 aliphatic rings. The van der Waals surface area contributed by atoms with Crippen LogP contribution in [0.25, 0.3) is 12.7 Å². The SMILES string of the molecule is C=c1ccc(C(=O)N(CCC)C(C)C(O)O)c/c1=C/C. The summed E-state index contributed by atoms with van der Waals surface area (Å²) in [4.78, 5) is 14.0. The lowest BCUT2D eigenvalue weighted by molar-refractivity contribution is -0.0875. The molecule has 0 saturated carbocycles. The van der Waals surface area contributed by atoms with Gasteiger partial charge in [-0.2, -0.15) is 0 Å². The molecule has 0 aromatic heterocycles. The second-order valence-electron chi connectivity index (χ2n) is 4.86. The normalized spacial score (nSPS) is 13.6. The van der Waals surface area contributed by atoms with Crippen LogP contribution in [-0.2, 0) is 0 Å². The monoisotopic (exact) mass is 277 g/mol. The van der Waals surface area contributed by atoms with Gasteiger partial charge in [0.15, 0.2) is 6.29 Å². The maximum atomic E-state index is 12.5. The summed E-state index contributed by atoms with van der Waals surface area (Å²) in [5.74, 6) is -0.199. The maximum Gasteiger partial charge on any atom is 0.254 e. The fraction of sp³-hybridized carbons (Fsp3) is 0.438. The molecule has 0 heterocycles. The summed E-state index contributed by atoms with van der Waals surface area (Å²) in [6.07, 6.45) is 1.10. The Bertz CT molecular complexity index is 566. The quantitative estimate of drug-likeness (QED) is 0.768. The highest BCUT2D eigenvalue weighted by Gasteiger charge is 2.24. The molecule has 1 aromatic carbocycles. The molecule has 0 aliphatic heterocycles. The lowest BCUT2D eigenvalue weighted by Crippen LogP contribution is -2.46. The summed E-state index contributed by atoms with van der Waals surface area (Å²) in [5.41, 5.74) is 0.534. The lowest BCUT2D eigenvalue weighted by atomic mass is 10.1. The Hall–Kier alpha value is -1.65. The van der Waals surface area contributed by atoms with Crippen LogP contribution in [-0.4, -0.2) is 39.9 Å². The summed E-state index contributed by atoms with van der Waals surface area (Å²) >= 11 is 0. The van der Waals surface area contributed by atoms with Gasteiger partial charge in [0.2, 0.25) is 0 Å². The van der Waals surface area contributed by atoms with E-state index in [1.807, 2.05) is 19.9 Å². The number of aliphatic hydroxyl groups excluding tert-OH is 1. The molecule has 110 valence electrons. The van der Waals surface area contributed by atoms with Gasteiger partial charge in [-0.25, -0.2) is 0 Å². The minimum absolute atomic E-state index is 0.199. The standard InChI is InChI=1S/C16H23NO3/c1-5-9-17(12(4)16(19)20)15(18)14-8-7-11(3)13(6-2)10-14/h6-8,10,12,16,19-20H,3,5,9H2,1-2,4H3/b13-6-. The number of nitrogens with zero attached hydrogens (tertiary/aromatic N) is 1. The summed E-state index contributed by atoms with van der Waals surface area (Å²) in [7, 11) is 0. The van der Waals surface area contributed by atoms with Crippen molar-refractivity contribution < 1.29 is 15.0 Å². The van der Waals surface area contributed by atoms with Gasteiger partial charge >= 0.3 is 0 Å². The molecule has 2 N–H and O–H groups in total. The lowest BCUT2D eigenvalue weighted by Gasteiger charge is -2.30. The topological polar surface area (TPSA) is 60.8 Å². The predicted molar refractivity (Wildman–Crippen MR) is 80.4 cm³/mol. The van der Waals surface area contributed by atoms with Gasteiger partial charge in [-0.1, -0.05) is 25.6 Å². The third-order valence-electron chi connectivity index (χ3n) is 3.35. The van der Waals surface area contributed by atoms with Crippen molar-refractivity contribution in [3.63, 3.8) is 0 Å². The zero-order chi connectivity index (χ0) is 15.3. The average Bonchev–Trinajstić information content (AvgIpc) is 2.43. The van der Waals surface area contributed by atoms with Crippen LogP contribution in [0.4, 0.5) is 0 Å². The minimum atomic E-state index is -1.55. The first kappa shape index (κ1) is 16.4. The highest BCUT2D eigenvalue weighted by Crippen LogP contribution is 2.09. The smallest absolute Gasteiger partial charge is 0.254 e. The summed E-state index contributed by atoms with van der Waals surface area (Å²) in [6.45, 7) is 9.84. The minimum Gasteiger partial charge on any atom is -0.366 e. The van der Waals surface area contributed by atoms with Crippen molar-refractivity contribution >= 4 is 18.6 Å². The molecule has 1 aromatic rings. The first-order valence-electron chi connectivity index (χ1n) is 6.84. The van der Waals surface area contributed by atoms with Crippen molar-refractivity contribution in [3.05, 3.63) is 34.2 Å². The van der Waals surface area contributed by atoms with E-state index >= 15 is 0 Å². The summed E-state index contributed by atoms with van der Waals surface area (Å²) in [5, 5.41) is 20.4. The molecule has 0 saturated heterocycles. The molecular weight excluding hydrogens is 254 g/mol. The van der Waals surface area contributed by atoms with Crippen LogP contribution in [0, 0.1) is 0 Å². The van der Waals surface area contributed by atoms with Crippen molar-refractivity contribution in [3.8, 4) is 0 Å². The van der Waals surface area contributed by atoms with Gasteiger partial charge in [0.25, 0.3) is 5.91 Å². The Morgan fingerprint density at radius 2 is 2.10 bits per heavy atom. The number of aliphatic hydroxyl groups is 2. The number of carbonyl (C=O) groups is 1. The highest BCUT2D eigenvalue weighted by atomic mass is 16.5. The van der Waals surface area contributed by atoms with E-state index in [0.717, 1.165) is 16.9 Å². The fourth-order valence-corrected chi connectivity index (χ4v) is 2.05. The number of carbonyl (C=O) groups excluding carboxylic acids is 1. The zero-order valence-corrected chi connectivity index (χ0v) is 12.3. The van der Waals surface area contributed by atoms with Gasteiger partial charge in [-0.3, -0.25) is 4.79 Å². The van der Waals surface area contributed by atoms with E-state index in [0.29, 0.717) is 12.1 Å². The van der Waals surface area contributed by atoms with Gasteiger partial charge in [0.1, 0.15) is 0 Å². The molecule has 0 fully saturated rings. The van der Waals surface area contributed by atoms with E-state index in [9.17, 15) is 15.0 Å². The number of benzene rings is 1. The van der Waals surface area contributed by atoms with Crippen LogP contribution in [0.15, 0.2) is 18.2 Å². The molecule has 1 rings (SSSR count). The number of amides is 1. The van der Waals surface area contributed by atoms with Gasteiger partial charge in [-0.05, 0) is 42.8 Å². The molecule has 0 bridgehead atoms. The number of hydrogen-bond donors (Lipinski definition) is 2. The van der Waals surface area contributed by atoms with E-state index in [2.05, 4.69) is 6.58 Å². The van der Waals surface area contributed by atoms with Crippen molar-refractivity contribution in [2.45, 2.75) is 39.5 Å². The molecule has 4 nitrogen and oxygen atoms in total. The van der Waals surface area contributed by atoms with Crippen LogP contribution in [0.3, 0.4) is 0 Å². The van der Waals surface area contributed by atoms with E-state index in [1.165, 1.54) is 4.90 Å². The first-order valence-corrected chi connectivity index (χ1v) is 6.84. The van der Waals surface area contributed by atoms with Crippen molar-refractivity contribution in [1.82, 2.24) is 4.90 Å². The summed E-state index contributed by atoms with van der Waals surface area (Å²) < 4.78 is 0. The largest absolute Gasteiger partial charge is 0.366 e. The average molecular weight is 277 g/mol. The fourth-order valence-electron chi connectivity index (χ4n) is 2.05. The van der Waals surface area contributed by atoms with Crippen LogP contribution in [0.5, 0.6) is 0 Å². The highest BCUT2D eigenvalue weighted by molar-refractivity contribution is 5.94. The van der Waals surface area contributed by atoms with Gasteiger partial charge in [0.05, 0.1) is 6.04 Å². The summed E-state index contributed by atoms with van der Waals surface area (Å²) in [6, 6.07) is 4.66. The molecule has 0 spiro atoms. The third kappa shape index (κ3) is 3.68. The van der Waals surface area contributed by atoms with E-state index < -0.39 is 12.3 Å². The molecule has 1 atom stereocenters. The number of hydrogen-bond acceptors (Lipinski definition) is 3.